The highest BCUT2D eigenvalue weighted by Gasteiger charge is 2.26. The van der Waals surface area contributed by atoms with Crippen LogP contribution in [0.1, 0.15) is 39.5 Å². The van der Waals surface area contributed by atoms with E-state index < -0.39 is 24.1 Å². The summed E-state index contributed by atoms with van der Waals surface area (Å²) in [6.45, 7) is 4.07. The van der Waals surface area contributed by atoms with E-state index in [2.05, 4.69) is 17.6 Å². The van der Waals surface area contributed by atoms with Crippen LogP contribution in [0.25, 0.3) is 0 Å². The van der Waals surface area contributed by atoms with Crippen molar-refractivity contribution in [3.05, 3.63) is 0 Å². The van der Waals surface area contributed by atoms with Crippen molar-refractivity contribution in [2.75, 3.05) is 6.54 Å². The average Bonchev–Trinajstić information content (AvgIpc) is 2.34. The molecule has 0 bridgehead atoms. The highest BCUT2D eigenvalue weighted by atomic mass is 16.4. The van der Waals surface area contributed by atoms with Gasteiger partial charge in [0.05, 0.1) is 6.10 Å². The Morgan fingerprint density at radius 2 is 1.95 bits per heavy atom. The summed E-state index contributed by atoms with van der Waals surface area (Å²) in [5, 5.41) is 23.1. The van der Waals surface area contributed by atoms with E-state index in [1.165, 1.54) is 26.2 Å². The lowest BCUT2D eigenvalue weighted by Gasteiger charge is -2.29. The normalized spacial score (nSPS) is 26.3. The number of hydrogen-bond donors (Lipinski definition) is 4. The molecule has 0 aromatic carbocycles. The SMILES string of the molecule is CC1CCCCC1CNC(=O)N[C@H](C(=O)O)[C@@H](C)O. The number of rotatable bonds is 5. The predicted octanol–water partition coefficient (Wildman–Crippen LogP) is 0.946. The summed E-state index contributed by atoms with van der Waals surface area (Å²) in [6, 6.07) is -1.81. The van der Waals surface area contributed by atoms with Crippen molar-refractivity contribution in [3.63, 3.8) is 0 Å². The minimum absolute atomic E-state index is 0.453. The quantitative estimate of drug-likeness (QED) is 0.598. The number of aliphatic hydroxyl groups excluding tert-OH is 1. The van der Waals surface area contributed by atoms with Crippen LogP contribution in [-0.4, -0.2) is 40.9 Å². The molecule has 1 fully saturated rings. The number of hydrogen-bond acceptors (Lipinski definition) is 3. The van der Waals surface area contributed by atoms with Gasteiger partial charge in [-0.15, -0.1) is 0 Å². The molecule has 4 N–H and O–H groups in total. The van der Waals surface area contributed by atoms with E-state index in [9.17, 15) is 14.7 Å². The number of carbonyl (C=O) groups excluding carboxylic acids is 1. The highest BCUT2D eigenvalue weighted by molar-refractivity contribution is 5.82. The molecule has 0 spiro atoms. The topological polar surface area (TPSA) is 98.7 Å². The molecular formula is C13H24N2O4. The number of amides is 2. The van der Waals surface area contributed by atoms with Crippen molar-refractivity contribution >= 4 is 12.0 Å². The molecule has 2 amide bonds. The maximum atomic E-state index is 11.6. The first-order valence-electron chi connectivity index (χ1n) is 6.87. The van der Waals surface area contributed by atoms with Crippen LogP contribution in [0.4, 0.5) is 4.79 Å². The standard InChI is InChI=1S/C13H24N2O4/c1-8-5-3-4-6-10(8)7-14-13(19)15-11(9(2)16)12(17)18/h8-11,16H,3-7H2,1-2H3,(H,17,18)(H2,14,15,19)/t8?,9-,10?,11+/m1/s1. The van der Waals surface area contributed by atoms with Gasteiger partial charge in [-0.25, -0.2) is 9.59 Å². The molecule has 0 saturated heterocycles. The second-order valence-electron chi connectivity index (χ2n) is 5.43. The second kappa shape index (κ2) is 7.33. The molecule has 1 aliphatic carbocycles. The lowest BCUT2D eigenvalue weighted by atomic mass is 9.80. The van der Waals surface area contributed by atoms with Gasteiger partial charge in [-0.2, -0.15) is 0 Å². The largest absolute Gasteiger partial charge is 0.480 e. The third-order valence-electron chi connectivity index (χ3n) is 3.85. The van der Waals surface area contributed by atoms with Crippen LogP contribution in [0, 0.1) is 11.8 Å². The number of aliphatic carboxylic acids is 1. The van der Waals surface area contributed by atoms with Gasteiger partial charge in [0.2, 0.25) is 0 Å². The Bertz CT molecular complexity index is 320. The second-order valence-corrected chi connectivity index (χ2v) is 5.43. The molecule has 4 atom stereocenters. The van der Waals surface area contributed by atoms with Gasteiger partial charge in [0, 0.05) is 6.54 Å². The monoisotopic (exact) mass is 272 g/mol. The van der Waals surface area contributed by atoms with E-state index in [-0.39, 0.29) is 0 Å². The van der Waals surface area contributed by atoms with Gasteiger partial charge in [-0.1, -0.05) is 26.2 Å². The highest BCUT2D eigenvalue weighted by Crippen LogP contribution is 2.28. The van der Waals surface area contributed by atoms with Gasteiger partial charge in [0.25, 0.3) is 0 Å². The van der Waals surface area contributed by atoms with E-state index in [4.69, 9.17) is 5.11 Å². The molecule has 110 valence electrons. The summed E-state index contributed by atoms with van der Waals surface area (Å²) in [5.74, 6) is -0.202. The Morgan fingerprint density at radius 3 is 2.47 bits per heavy atom. The maximum absolute atomic E-state index is 11.6. The molecule has 0 radical (unpaired) electrons. The van der Waals surface area contributed by atoms with Gasteiger partial charge in [0.15, 0.2) is 6.04 Å². The summed E-state index contributed by atoms with van der Waals surface area (Å²) >= 11 is 0. The Hall–Kier alpha value is -1.30. The Morgan fingerprint density at radius 1 is 1.32 bits per heavy atom. The van der Waals surface area contributed by atoms with Gasteiger partial charge in [-0.05, 0) is 25.2 Å². The minimum atomic E-state index is -1.27. The van der Waals surface area contributed by atoms with E-state index in [1.54, 1.807) is 0 Å². The fourth-order valence-electron chi connectivity index (χ4n) is 2.50. The third kappa shape index (κ3) is 5.06. The van der Waals surface area contributed by atoms with Crippen molar-refractivity contribution in [2.24, 2.45) is 11.8 Å². The summed E-state index contributed by atoms with van der Waals surface area (Å²) in [5.41, 5.74) is 0. The molecule has 2 unspecified atom stereocenters. The molecule has 0 aromatic rings. The van der Waals surface area contributed by atoms with Crippen molar-refractivity contribution in [1.29, 1.82) is 0 Å². The van der Waals surface area contributed by atoms with Crippen LogP contribution in [-0.2, 0) is 4.79 Å². The van der Waals surface area contributed by atoms with E-state index in [0.29, 0.717) is 18.4 Å². The van der Waals surface area contributed by atoms with Crippen LogP contribution < -0.4 is 10.6 Å². The molecule has 0 heterocycles. The molecular weight excluding hydrogens is 248 g/mol. The zero-order valence-electron chi connectivity index (χ0n) is 11.6. The average molecular weight is 272 g/mol. The molecule has 19 heavy (non-hydrogen) atoms. The van der Waals surface area contributed by atoms with E-state index in [1.807, 2.05) is 0 Å². The van der Waals surface area contributed by atoms with Crippen LogP contribution >= 0.6 is 0 Å². The number of carboxylic acids is 1. The van der Waals surface area contributed by atoms with E-state index >= 15 is 0 Å². The zero-order chi connectivity index (χ0) is 14.4. The van der Waals surface area contributed by atoms with Crippen molar-refractivity contribution in [3.8, 4) is 0 Å². The number of aliphatic hydroxyl groups is 1. The Labute approximate surface area is 113 Å². The van der Waals surface area contributed by atoms with Crippen molar-refractivity contribution < 1.29 is 19.8 Å². The van der Waals surface area contributed by atoms with E-state index in [0.717, 1.165) is 6.42 Å². The van der Waals surface area contributed by atoms with Crippen molar-refractivity contribution in [1.82, 2.24) is 10.6 Å². The third-order valence-corrected chi connectivity index (χ3v) is 3.85. The summed E-state index contributed by atoms with van der Waals surface area (Å²) in [7, 11) is 0. The minimum Gasteiger partial charge on any atom is -0.480 e. The summed E-state index contributed by atoms with van der Waals surface area (Å²) < 4.78 is 0. The molecule has 1 rings (SSSR count). The number of nitrogens with one attached hydrogen (secondary N) is 2. The number of urea groups is 1. The lowest BCUT2D eigenvalue weighted by molar-refractivity contribution is -0.141. The Kier molecular flexibility index (Phi) is 6.08. The van der Waals surface area contributed by atoms with Gasteiger partial charge in [0.1, 0.15) is 0 Å². The first kappa shape index (κ1) is 15.8. The van der Waals surface area contributed by atoms with Crippen LogP contribution in [0.15, 0.2) is 0 Å². The Balaban J connectivity index is 2.36. The fraction of sp³-hybridized carbons (Fsp3) is 0.846. The van der Waals surface area contributed by atoms with Gasteiger partial charge in [-0.3, -0.25) is 0 Å². The molecule has 0 aromatic heterocycles. The number of carboxylic acid groups (broad SMARTS) is 1. The van der Waals surface area contributed by atoms with Crippen LogP contribution in [0.2, 0.25) is 0 Å². The summed E-state index contributed by atoms with van der Waals surface area (Å²) in [4.78, 5) is 22.4. The molecule has 1 saturated carbocycles. The molecule has 6 heteroatoms. The molecule has 6 nitrogen and oxygen atoms in total. The number of carbonyl (C=O) groups is 2. The smallest absolute Gasteiger partial charge is 0.328 e. The van der Waals surface area contributed by atoms with Crippen LogP contribution in [0.3, 0.4) is 0 Å². The van der Waals surface area contributed by atoms with Crippen molar-refractivity contribution in [2.45, 2.75) is 51.7 Å². The van der Waals surface area contributed by atoms with Gasteiger partial charge < -0.3 is 20.8 Å². The first-order chi connectivity index (χ1) is 8.91. The zero-order valence-corrected chi connectivity index (χ0v) is 11.6. The fourth-order valence-corrected chi connectivity index (χ4v) is 2.50. The summed E-state index contributed by atoms with van der Waals surface area (Å²) in [6.07, 6.45) is 3.58. The molecule has 0 aliphatic heterocycles. The first-order valence-corrected chi connectivity index (χ1v) is 6.87. The lowest BCUT2D eigenvalue weighted by Crippen LogP contribution is -2.52. The molecule has 1 aliphatic rings. The van der Waals surface area contributed by atoms with Gasteiger partial charge >= 0.3 is 12.0 Å². The predicted molar refractivity (Wildman–Crippen MR) is 70.8 cm³/mol. The maximum Gasteiger partial charge on any atom is 0.328 e. The van der Waals surface area contributed by atoms with Crippen LogP contribution in [0.5, 0.6) is 0 Å².